The first kappa shape index (κ1) is 10.5. The number of aromatic nitrogens is 2. The van der Waals surface area contributed by atoms with E-state index in [1.165, 1.54) is 6.08 Å². The van der Waals surface area contributed by atoms with Crippen LogP contribution in [0, 0.1) is 0 Å². The first-order chi connectivity index (χ1) is 6.72. The molecule has 1 aromatic heterocycles. The third-order valence-electron chi connectivity index (χ3n) is 1.77. The number of hydrogen-bond donors (Lipinski definition) is 1. The molecule has 1 rings (SSSR count). The molecule has 0 aliphatic rings. The normalized spacial score (nSPS) is 10.7. The Hall–Kier alpha value is -1.58. The highest BCUT2D eigenvalue weighted by Gasteiger charge is 1.97. The zero-order valence-electron chi connectivity index (χ0n) is 8.53. The smallest absolute Gasteiger partial charge is 0.243 e. The molecule has 0 aromatic carbocycles. The van der Waals surface area contributed by atoms with Gasteiger partial charge in [-0.2, -0.15) is 5.10 Å². The molecule has 76 valence electrons. The minimum atomic E-state index is -0.0524. The quantitative estimate of drug-likeness (QED) is 0.714. The fourth-order valence-electron chi connectivity index (χ4n) is 1.12. The predicted molar refractivity (Wildman–Crippen MR) is 54.7 cm³/mol. The van der Waals surface area contributed by atoms with Crippen LogP contribution in [0.2, 0.25) is 0 Å². The minimum Gasteiger partial charge on any atom is -0.352 e. The summed E-state index contributed by atoms with van der Waals surface area (Å²) in [5.41, 5.74) is 0.994. The second-order valence-electron chi connectivity index (χ2n) is 3.02. The number of allylic oxidation sites excluding steroid dienone is 1. The maximum atomic E-state index is 11.0. The zero-order valence-corrected chi connectivity index (χ0v) is 8.53. The van der Waals surface area contributed by atoms with Gasteiger partial charge in [-0.25, -0.2) is 0 Å². The second-order valence-corrected chi connectivity index (χ2v) is 3.02. The molecule has 1 aromatic rings. The van der Waals surface area contributed by atoms with Gasteiger partial charge in [-0.3, -0.25) is 9.48 Å². The van der Waals surface area contributed by atoms with Crippen LogP contribution in [0.5, 0.6) is 0 Å². The van der Waals surface area contributed by atoms with Gasteiger partial charge in [0.25, 0.3) is 0 Å². The molecule has 1 heterocycles. The van der Waals surface area contributed by atoms with E-state index in [0.717, 1.165) is 12.1 Å². The summed E-state index contributed by atoms with van der Waals surface area (Å²) in [6.45, 7) is 2.44. The van der Waals surface area contributed by atoms with Crippen LogP contribution in [-0.2, 0) is 18.3 Å². The molecule has 1 N–H and O–H groups in total. The fourth-order valence-corrected chi connectivity index (χ4v) is 1.12. The molecule has 1 amide bonds. The van der Waals surface area contributed by atoms with Crippen LogP contribution in [0.25, 0.3) is 0 Å². The van der Waals surface area contributed by atoms with Gasteiger partial charge >= 0.3 is 0 Å². The van der Waals surface area contributed by atoms with Crippen molar-refractivity contribution in [1.29, 1.82) is 0 Å². The topological polar surface area (TPSA) is 46.9 Å². The van der Waals surface area contributed by atoms with E-state index in [4.69, 9.17) is 0 Å². The SMILES string of the molecule is C/C=C/C(=O)NCCc1ccn(C)n1. The van der Waals surface area contributed by atoms with Crippen molar-refractivity contribution in [1.82, 2.24) is 15.1 Å². The summed E-state index contributed by atoms with van der Waals surface area (Å²) in [6.07, 6.45) is 5.89. The first-order valence-corrected chi connectivity index (χ1v) is 4.61. The molecule has 0 atom stereocenters. The number of aryl methyl sites for hydroxylation is 1. The molecule has 0 fully saturated rings. The van der Waals surface area contributed by atoms with Crippen molar-refractivity contribution in [3.63, 3.8) is 0 Å². The lowest BCUT2D eigenvalue weighted by Gasteiger charge is -1.99. The Morgan fingerprint density at radius 1 is 1.71 bits per heavy atom. The van der Waals surface area contributed by atoms with E-state index in [1.54, 1.807) is 10.8 Å². The van der Waals surface area contributed by atoms with E-state index in [-0.39, 0.29) is 5.91 Å². The number of carbonyl (C=O) groups excluding carboxylic acids is 1. The average molecular weight is 193 g/mol. The summed E-state index contributed by atoms with van der Waals surface area (Å²) in [4.78, 5) is 11.0. The molecule has 0 radical (unpaired) electrons. The summed E-state index contributed by atoms with van der Waals surface area (Å²) in [5.74, 6) is -0.0524. The van der Waals surface area contributed by atoms with Crippen LogP contribution < -0.4 is 5.32 Å². The van der Waals surface area contributed by atoms with Gasteiger partial charge < -0.3 is 5.32 Å². The molecule has 0 spiro atoms. The minimum absolute atomic E-state index is 0.0524. The zero-order chi connectivity index (χ0) is 10.4. The van der Waals surface area contributed by atoms with Crippen molar-refractivity contribution >= 4 is 5.91 Å². The van der Waals surface area contributed by atoms with E-state index in [0.29, 0.717) is 6.54 Å². The number of rotatable bonds is 4. The van der Waals surface area contributed by atoms with E-state index < -0.39 is 0 Å². The average Bonchev–Trinajstić information content (AvgIpc) is 2.52. The summed E-state index contributed by atoms with van der Waals surface area (Å²) >= 11 is 0. The molecule has 4 heteroatoms. The molecule has 0 unspecified atom stereocenters. The van der Waals surface area contributed by atoms with E-state index in [9.17, 15) is 4.79 Å². The van der Waals surface area contributed by atoms with Crippen LogP contribution in [0.4, 0.5) is 0 Å². The molecule has 0 aliphatic heterocycles. The highest BCUT2D eigenvalue weighted by atomic mass is 16.1. The molecule has 0 saturated heterocycles. The Morgan fingerprint density at radius 2 is 2.50 bits per heavy atom. The van der Waals surface area contributed by atoms with Gasteiger partial charge in [0.15, 0.2) is 0 Å². The van der Waals surface area contributed by atoms with Gasteiger partial charge in [-0.1, -0.05) is 6.08 Å². The summed E-state index contributed by atoms with van der Waals surface area (Å²) < 4.78 is 1.75. The summed E-state index contributed by atoms with van der Waals surface area (Å²) in [5, 5.41) is 6.97. The van der Waals surface area contributed by atoms with Crippen molar-refractivity contribution in [2.75, 3.05) is 6.54 Å². The monoisotopic (exact) mass is 193 g/mol. The Bertz CT molecular complexity index is 328. The van der Waals surface area contributed by atoms with Crippen LogP contribution in [0.15, 0.2) is 24.4 Å². The number of carbonyl (C=O) groups is 1. The largest absolute Gasteiger partial charge is 0.352 e. The molecular weight excluding hydrogens is 178 g/mol. The van der Waals surface area contributed by atoms with Gasteiger partial charge in [0.05, 0.1) is 5.69 Å². The van der Waals surface area contributed by atoms with Gasteiger partial charge in [0.2, 0.25) is 5.91 Å². The Balaban J connectivity index is 2.25. The Morgan fingerprint density at radius 3 is 3.07 bits per heavy atom. The Labute approximate surface area is 83.6 Å². The van der Waals surface area contributed by atoms with E-state index >= 15 is 0 Å². The summed E-state index contributed by atoms with van der Waals surface area (Å²) in [7, 11) is 1.88. The molecule has 0 bridgehead atoms. The van der Waals surface area contributed by atoms with Gasteiger partial charge in [-0.15, -0.1) is 0 Å². The molecule has 4 nitrogen and oxygen atoms in total. The third-order valence-corrected chi connectivity index (χ3v) is 1.77. The van der Waals surface area contributed by atoms with Gasteiger partial charge in [-0.05, 0) is 19.1 Å². The lowest BCUT2D eigenvalue weighted by molar-refractivity contribution is -0.116. The van der Waals surface area contributed by atoms with Crippen molar-refractivity contribution in [2.24, 2.45) is 7.05 Å². The van der Waals surface area contributed by atoms with Gasteiger partial charge in [0, 0.05) is 26.2 Å². The van der Waals surface area contributed by atoms with Crippen LogP contribution in [0.1, 0.15) is 12.6 Å². The first-order valence-electron chi connectivity index (χ1n) is 4.61. The molecule has 14 heavy (non-hydrogen) atoms. The highest BCUT2D eigenvalue weighted by molar-refractivity contribution is 5.87. The number of hydrogen-bond acceptors (Lipinski definition) is 2. The molecule has 0 saturated carbocycles. The van der Waals surface area contributed by atoms with E-state index in [2.05, 4.69) is 10.4 Å². The number of nitrogens with zero attached hydrogens (tertiary/aromatic N) is 2. The second kappa shape index (κ2) is 5.21. The van der Waals surface area contributed by atoms with Gasteiger partial charge in [0.1, 0.15) is 0 Å². The van der Waals surface area contributed by atoms with Crippen molar-refractivity contribution in [3.05, 3.63) is 30.1 Å². The standard InChI is InChI=1S/C10H15N3O/c1-3-4-10(14)11-7-5-9-6-8-13(2)12-9/h3-4,6,8H,5,7H2,1-2H3,(H,11,14)/b4-3+. The molecular formula is C10H15N3O. The van der Waals surface area contributed by atoms with Crippen LogP contribution >= 0.6 is 0 Å². The van der Waals surface area contributed by atoms with Crippen LogP contribution in [-0.4, -0.2) is 22.2 Å². The third kappa shape index (κ3) is 3.43. The molecule has 0 aliphatic carbocycles. The lowest BCUT2D eigenvalue weighted by atomic mass is 10.3. The lowest BCUT2D eigenvalue weighted by Crippen LogP contribution is -2.23. The highest BCUT2D eigenvalue weighted by Crippen LogP contribution is 1.93. The fraction of sp³-hybridized carbons (Fsp3) is 0.400. The maximum Gasteiger partial charge on any atom is 0.243 e. The van der Waals surface area contributed by atoms with Crippen molar-refractivity contribution in [3.8, 4) is 0 Å². The van der Waals surface area contributed by atoms with E-state index in [1.807, 2.05) is 26.2 Å². The van der Waals surface area contributed by atoms with Crippen LogP contribution in [0.3, 0.4) is 0 Å². The summed E-state index contributed by atoms with van der Waals surface area (Å²) in [6, 6.07) is 1.95. The predicted octanol–water partition coefficient (Wildman–Crippen LogP) is 0.655. The maximum absolute atomic E-state index is 11.0. The van der Waals surface area contributed by atoms with Crippen molar-refractivity contribution in [2.45, 2.75) is 13.3 Å². The number of amides is 1. The number of nitrogens with one attached hydrogen (secondary N) is 1. The van der Waals surface area contributed by atoms with Crippen molar-refractivity contribution < 1.29 is 4.79 Å². The Kier molecular flexibility index (Phi) is 3.91.